The van der Waals surface area contributed by atoms with Crippen molar-refractivity contribution in [2.75, 3.05) is 5.32 Å². The van der Waals surface area contributed by atoms with Crippen molar-refractivity contribution >= 4 is 22.5 Å². The highest BCUT2D eigenvalue weighted by atomic mass is 19.1. The summed E-state index contributed by atoms with van der Waals surface area (Å²) < 4.78 is 13.2. The highest BCUT2D eigenvalue weighted by Crippen LogP contribution is 2.20. The Morgan fingerprint density at radius 3 is 2.81 bits per heavy atom. The van der Waals surface area contributed by atoms with E-state index in [1.54, 1.807) is 30.5 Å². The molecule has 0 saturated heterocycles. The summed E-state index contributed by atoms with van der Waals surface area (Å²) in [5, 5.41) is 12.5. The van der Waals surface area contributed by atoms with Crippen molar-refractivity contribution in [2.24, 2.45) is 0 Å². The van der Waals surface area contributed by atoms with Gasteiger partial charge in [0.2, 0.25) is 0 Å². The van der Waals surface area contributed by atoms with Crippen LogP contribution in [0.5, 0.6) is 5.75 Å². The van der Waals surface area contributed by atoms with Gasteiger partial charge >= 0.3 is 0 Å². The number of nitrogens with zero attached hydrogens (tertiary/aromatic N) is 1. The minimum atomic E-state index is -0.782. The number of pyridine rings is 1. The number of hydrogen-bond acceptors (Lipinski definition) is 3. The lowest BCUT2D eigenvalue weighted by Crippen LogP contribution is -2.11. The Kier molecular flexibility index (Phi) is 3.23. The van der Waals surface area contributed by atoms with E-state index in [1.807, 2.05) is 6.07 Å². The molecule has 1 aromatic heterocycles. The third kappa shape index (κ3) is 2.67. The molecule has 0 bridgehead atoms. The summed E-state index contributed by atoms with van der Waals surface area (Å²) in [7, 11) is 0. The number of phenolic OH excluding ortho intramolecular Hbond substituents is 1. The van der Waals surface area contributed by atoms with E-state index in [0.29, 0.717) is 5.56 Å². The van der Waals surface area contributed by atoms with Crippen LogP contribution in [0, 0.1) is 5.82 Å². The average Bonchev–Trinajstić information content (AvgIpc) is 2.50. The molecular weight excluding hydrogens is 271 g/mol. The van der Waals surface area contributed by atoms with Crippen LogP contribution in [0.3, 0.4) is 0 Å². The van der Waals surface area contributed by atoms with Crippen molar-refractivity contribution in [3.05, 3.63) is 66.1 Å². The van der Waals surface area contributed by atoms with Crippen LogP contribution in [-0.2, 0) is 0 Å². The molecule has 0 aliphatic carbocycles. The van der Waals surface area contributed by atoms with Gasteiger partial charge in [0.25, 0.3) is 5.91 Å². The second-order valence-corrected chi connectivity index (χ2v) is 4.53. The summed E-state index contributed by atoms with van der Waals surface area (Å²) in [6.07, 6.45) is 1.68. The standard InChI is InChI=1S/C16H11FN2O2/c17-13-9-12(4-6-15(13)20)19-16(21)11-3-5-14-10(8-11)2-1-7-18-14/h1-9,20H,(H,19,21). The zero-order chi connectivity index (χ0) is 14.8. The van der Waals surface area contributed by atoms with E-state index in [4.69, 9.17) is 5.11 Å². The number of carbonyl (C=O) groups is 1. The molecule has 0 atom stereocenters. The fourth-order valence-corrected chi connectivity index (χ4v) is 2.00. The Hall–Kier alpha value is -2.95. The maximum absolute atomic E-state index is 13.2. The Labute approximate surface area is 119 Å². The minimum Gasteiger partial charge on any atom is -0.505 e. The lowest BCUT2D eigenvalue weighted by Gasteiger charge is -2.07. The van der Waals surface area contributed by atoms with E-state index in [0.717, 1.165) is 17.0 Å². The van der Waals surface area contributed by atoms with Gasteiger partial charge in [-0.3, -0.25) is 9.78 Å². The zero-order valence-electron chi connectivity index (χ0n) is 10.9. The Morgan fingerprint density at radius 2 is 2.00 bits per heavy atom. The van der Waals surface area contributed by atoms with Crippen LogP contribution < -0.4 is 5.32 Å². The van der Waals surface area contributed by atoms with E-state index in [-0.39, 0.29) is 11.6 Å². The molecule has 0 aliphatic rings. The number of aromatic nitrogens is 1. The average molecular weight is 282 g/mol. The number of carbonyl (C=O) groups excluding carboxylic acids is 1. The van der Waals surface area contributed by atoms with Crippen LogP contribution in [0.4, 0.5) is 10.1 Å². The van der Waals surface area contributed by atoms with Gasteiger partial charge in [0, 0.05) is 28.9 Å². The molecule has 0 spiro atoms. The molecule has 3 rings (SSSR count). The van der Waals surface area contributed by atoms with Gasteiger partial charge in [0.05, 0.1) is 5.52 Å². The van der Waals surface area contributed by atoms with Crippen molar-refractivity contribution < 1.29 is 14.3 Å². The lowest BCUT2D eigenvalue weighted by atomic mass is 10.1. The topological polar surface area (TPSA) is 62.2 Å². The SMILES string of the molecule is O=C(Nc1ccc(O)c(F)c1)c1ccc2ncccc2c1. The minimum absolute atomic E-state index is 0.279. The highest BCUT2D eigenvalue weighted by molar-refractivity contribution is 6.06. The second kappa shape index (κ2) is 5.20. The normalized spacial score (nSPS) is 10.5. The first kappa shape index (κ1) is 13.1. The molecule has 21 heavy (non-hydrogen) atoms. The van der Waals surface area contributed by atoms with E-state index < -0.39 is 11.6 Å². The molecule has 104 valence electrons. The van der Waals surface area contributed by atoms with Gasteiger partial charge in [-0.2, -0.15) is 0 Å². The first-order valence-corrected chi connectivity index (χ1v) is 6.28. The number of amides is 1. The van der Waals surface area contributed by atoms with Crippen LogP contribution in [-0.4, -0.2) is 16.0 Å². The van der Waals surface area contributed by atoms with Gasteiger partial charge in [0.15, 0.2) is 11.6 Å². The third-order valence-corrected chi connectivity index (χ3v) is 3.07. The van der Waals surface area contributed by atoms with Gasteiger partial charge in [-0.1, -0.05) is 6.07 Å². The quantitative estimate of drug-likeness (QED) is 0.709. The molecule has 2 N–H and O–H groups in total. The summed E-state index contributed by atoms with van der Waals surface area (Å²) in [5.41, 5.74) is 1.52. The van der Waals surface area contributed by atoms with Crippen molar-refractivity contribution in [1.29, 1.82) is 0 Å². The molecule has 3 aromatic rings. The maximum Gasteiger partial charge on any atom is 0.255 e. The molecule has 0 aliphatic heterocycles. The molecule has 2 aromatic carbocycles. The Morgan fingerprint density at radius 1 is 1.14 bits per heavy atom. The smallest absolute Gasteiger partial charge is 0.255 e. The molecule has 1 amide bonds. The number of aromatic hydroxyl groups is 1. The fourth-order valence-electron chi connectivity index (χ4n) is 2.00. The van der Waals surface area contributed by atoms with Gasteiger partial charge in [-0.15, -0.1) is 0 Å². The predicted molar refractivity (Wildman–Crippen MR) is 77.8 cm³/mol. The van der Waals surface area contributed by atoms with Crippen LogP contribution >= 0.6 is 0 Å². The third-order valence-electron chi connectivity index (χ3n) is 3.07. The first-order chi connectivity index (χ1) is 10.1. The Bertz CT molecular complexity index is 833. The highest BCUT2D eigenvalue weighted by Gasteiger charge is 2.09. The number of anilines is 1. The maximum atomic E-state index is 13.2. The fraction of sp³-hybridized carbons (Fsp3) is 0. The zero-order valence-corrected chi connectivity index (χ0v) is 10.9. The molecule has 0 saturated carbocycles. The van der Waals surface area contributed by atoms with Gasteiger partial charge in [-0.25, -0.2) is 4.39 Å². The number of nitrogens with one attached hydrogen (secondary N) is 1. The number of hydrogen-bond donors (Lipinski definition) is 2. The number of fused-ring (bicyclic) bond motifs is 1. The summed E-state index contributed by atoms with van der Waals surface area (Å²) in [6, 6.07) is 12.5. The molecule has 0 radical (unpaired) electrons. The van der Waals surface area contributed by atoms with Crippen LogP contribution in [0.15, 0.2) is 54.7 Å². The molecule has 1 heterocycles. The Balaban J connectivity index is 1.87. The molecule has 4 nitrogen and oxygen atoms in total. The van der Waals surface area contributed by atoms with Gasteiger partial charge in [0.1, 0.15) is 0 Å². The number of halogens is 1. The van der Waals surface area contributed by atoms with E-state index >= 15 is 0 Å². The number of benzene rings is 2. The largest absolute Gasteiger partial charge is 0.505 e. The summed E-state index contributed by atoms with van der Waals surface area (Å²) in [6.45, 7) is 0. The summed E-state index contributed by atoms with van der Waals surface area (Å²) in [4.78, 5) is 16.3. The number of rotatable bonds is 2. The van der Waals surface area contributed by atoms with Gasteiger partial charge < -0.3 is 10.4 Å². The molecular formula is C16H11FN2O2. The summed E-state index contributed by atoms with van der Waals surface area (Å²) in [5.74, 6) is -1.59. The van der Waals surface area contributed by atoms with Gasteiger partial charge in [-0.05, 0) is 36.4 Å². The van der Waals surface area contributed by atoms with Crippen molar-refractivity contribution in [2.45, 2.75) is 0 Å². The number of phenols is 1. The molecule has 5 heteroatoms. The lowest BCUT2D eigenvalue weighted by molar-refractivity contribution is 0.102. The molecule has 0 fully saturated rings. The van der Waals surface area contributed by atoms with Crippen LogP contribution in [0.1, 0.15) is 10.4 Å². The van der Waals surface area contributed by atoms with E-state index in [1.165, 1.54) is 12.1 Å². The van der Waals surface area contributed by atoms with Crippen molar-refractivity contribution in [3.8, 4) is 5.75 Å². The first-order valence-electron chi connectivity index (χ1n) is 6.28. The van der Waals surface area contributed by atoms with E-state index in [9.17, 15) is 9.18 Å². The van der Waals surface area contributed by atoms with E-state index in [2.05, 4.69) is 10.3 Å². The summed E-state index contributed by atoms with van der Waals surface area (Å²) >= 11 is 0. The van der Waals surface area contributed by atoms with Crippen molar-refractivity contribution in [1.82, 2.24) is 4.98 Å². The second-order valence-electron chi connectivity index (χ2n) is 4.53. The molecule has 0 unspecified atom stereocenters. The van der Waals surface area contributed by atoms with Crippen LogP contribution in [0.25, 0.3) is 10.9 Å². The van der Waals surface area contributed by atoms with Crippen LogP contribution in [0.2, 0.25) is 0 Å². The monoisotopic (exact) mass is 282 g/mol. The predicted octanol–water partition coefficient (Wildman–Crippen LogP) is 3.33. The van der Waals surface area contributed by atoms with Crippen molar-refractivity contribution in [3.63, 3.8) is 0 Å².